The summed E-state index contributed by atoms with van der Waals surface area (Å²) in [5.41, 5.74) is 0.543. The molecule has 10 heteroatoms. The minimum absolute atomic E-state index is 0.0460. The zero-order valence-corrected chi connectivity index (χ0v) is 19.3. The number of likely N-dealkylation sites (N-methyl/N-ethyl adjacent to an activating group) is 1. The maximum atomic E-state index is 13.1. The Hall–Kier alpha value is -3.01. The number of rotatable bonds is 8. The lowest BCUT2D eigenvalue weighted by atomic mass is 10.1. The first-order chi connectivity index (χ1) is 15.6. The molecule has 3 aromatic rings. The molecular weight excluding hydrogens is 453 g/mol. The van der Waals surface area contributed by atoms with Gasteiger partial charge in [0, 0.05) is 13.6 Å². The van der Waals surface area contributed by atoms with Crippen LogP contribution >= 0.6 is 11.8 Å². The number of hydrogen-bond acceptors (Lipinski definition) is 4. The minimum atomic E-state index is -4.59. The molecule has 1 heterocycles. The summed E-state index contributed by atoms with van der Waals surface area (Å²) in [7, 11) is 1.44. The van der Waals surface area contributed by atoms with Crippen molar-refractivity contribution in [2.75, 3.05) is 24.7 Å². The van der Waals surface area contributed by atoms with Crippen LogP contribution in [0.3, 0.4) is 0 Å². The fourth-order valence-electron chi connectivity index (χ4n) is 3.27. The third kappa shape index (κ3) is 6.28. The lowest BCUT2D eigenvalue weighted by Crippen LogP contribution is -2.36. The van der Waals surface area contributed by atoms with Gasteiger partial charge < -0.3 is 14.8 Å². The smallest absolute Gasteiger partial charge is 0.336 e. The van der Waals surface area contributed by atoms with Crippen molar-refractivity contribution < 1.29 is 22.8 Å². The number of nitrogens with zero attached hydrogens (tertiary/aromatic N) is 3. The highest BCUT2D eigenvalue weighted by molar-refractivity contribution is 7.99. The first kappa shape index (κ1) is 24.6. The van der Waals surface area contributed by atoms with Crippen molar-refractivity contribution in [3.8, 4) is 0 Å². The van der Waals surface area contributed by atoms with E-state index in [4.69, 9.17) is 0 Å². The number of benzene rings is 2. The molecule has 0 aliphatic rings. The number of aromatic nitrogens is 2. The summed E-state index contributed by atoms with van der Waals surface area (Å²) in [4.78, 5) is 30.7. The number of carbonyl (C=O) groups is 2. The summed E-state index contributed by atoms with van der Waals surface area (Å²) in [5, 5.41) is 2.95. The molecule has 1 aromatic heterocycles. The summed E-state index contributed by atoms with van der Waals surface area (Å²) in [6.07, 6.45) is -4.59. The predicted molar refractivity (Wildman–Crippen MR) is 123 cm³/mol. The van der Waals surface area contributed by atoms with E-state index in [1.165, 1.54) is 41.9 Å². The Bertz CT molecular complexity index is 1140. The van der Waals surface area contributed by atoms with Crippen molar-refractivity contribution in [1.82, 2.24) is 14.5 Å². The number of carbonyl (C=O) groups excluding carboxylic acids is 2. The topological polar surface area (TPSA) is 67.2 Å². The Morgan fingerprint density at radius 3 is 2.48 bits per heavy atom. The Labute approximate surface area is 194 Å². The number of fused-ring (bicyclic) bond motifs is 1. The summed E-state index contributed by atoms with van der Waals surface area (Å²) in [6, 6.07) is 12.4. The monoisotopic (exact) mass is 478 g/mol. The van der Waals surface area contributed by atoms with Gasteiger partial charge in [0.2, 0.25) is 11.8 Å². The van der Waals surface area contributed by atoms with Crippen LogP contribution in [0.5, 0.6) is 0 Å². The van der Waals surface area contributed by atoms with Crippen molar-refractivity contribution >= 4 is 40.3 Å². The van der Waals surface area contributed by atoms with Crippen LogP contribution in [-0.2, 0) is 22.3 Å². The highest BCUT2D eigenvalue weighted by Crippen LogP contribution is 2.34. The zero-order valence-electron chi connectivity index (χ0n) is 18.5. The summed E-state index contributed by atoms with van der Waals surface area (Å²) in [6.45, 7) is 4.57. The fraction of sp³-hybridized carbons (Fsp3) is 0.348. The van der Waals surface area contributed by atoms with E-state index in [9.17, 15) is 22.8 Å². The van der Waals surface area contributed by atoms with E-state index in [0.717, 1.165) is 23.6 Å². The second kappa shape index (κ2) is 10.3. The Morgan fingerprint density at radius 2 is 1.79 bits per heavy atom. The van der Waals surface area contributed by atoms with Crippen LogP contribution in [0, 0.1) is 5.92 Å². The van der Waals surface area contributed by atoms with Crippen LogP contribution in [0.15, 0.2) is 53.7 Å². The first-order valence-electron chi connectivity index (χ1n) is 10.3. The second-order valence-corrected chi connectivity index (χ2v) is 8.96. The molecule has 176 valence electrons. The van der Waals surface area contributed by atoms with E-state index in [1.807, 2.05) is 24.3 Å². The standard InChI is InChI=1S/C23H25F3N4O2S/c1-15(2)12-30-19-11-7-6-10-18(19)28-22(30)33-14-21(32)29(3)13-20(31)27-17-9-5-4-8-16(17)23(24,25)26/h4-11,15H,12-14H2,1-3H3,(H,27,31). The predicted octanol–water partition coefficient (Wildman–Crippen LogP) is 4.90. The van der Waals surface area contributed by atoms with Gasteiger partial charge in [-0.15, -0.1) is 0 Å². The molecule has 0 atom stereocenters. The van der Waals surface area contributed by atoms with Crippen LogP contribution in [0.1, 0.15) is 19.4 Å². The summed E-state index contributed by atoms with van der Waals surface area (Å²) < 4.78 is 41.4. The lowest BCUT2D eigenvalue weighted by molar-refractivity contribution is -0.137. The van der Waals surface area contributed by atoms with E-state index >= 15 is 0 Å². The third-order valence-corrected chi connectivity index (χ3v) is 5.77. The van der Waals surface area contributed by atoms with Crippen molar-refractivity contribution in [1.29, 1.82) is 0 Å². The van der Waals surface area contributed by atoms with Crippen LogP contribution in [0.4, 0.5) is 18.9 Å². The quantitative estimate of drug-likeness (QED) is 0.468. The molecule has 2 amide bonds. The molecule has 0 saturated carbocycles. The van der Waals surface area contributed by atoms with Gasteiger partial charge >= 0.3 is 6.18 Å². The van der Waals surface area contributed by atoms with Gasteiger partial charge in [-0.2, -0.15) is 13.2 Å². The molecule has 0 unspecified atom stereocenters. The summed E-state index contributed by atoms with van der Waals surface area (Å²) >= 11 is 1.27. The zero-order chi connectivity index (χ0) is 24.2. The number of hydrogen-bond donors (Lipinski definition) is 1. The van der Waals surface area contributed by atoms with Crippen LogP contribution in [0.25, 0.3) is 11.0 Å². The number of alkyl halides is 3. The van der Waals surface area contributed by atoms with Gasteiger partial charge in [-0.05, 0) is 30.2 Å². The van der Waals surface area contributed by atoms with E-state index < -0.39 is 17.6 Å². The van der Waals surface area contributed by atoms with Gasteiger partial charge in [-0.1, -0.05) is 49.9 Å². The van der Waals surface area contributed by atoms with Gasteiger partial charge in [-0.3, -0.25) is 9.59 Å². The average molecular weight is 479 g/mol. The SMILES string of the molecule is CC(C)Cn1c(SCC(=O)N(C)CC(=O)Nc2ccccc2C(F)(F)F)nc2ccccc21. The van der Waals surface area contributed by atoms with Crippen molar-refractivity contribution in [3.63, 3.8) is 0 Å². The van der Waals surface area contributed by atoms with Crippen LogP contribution in [-0.4, -0.2) is 45.6 Å². The molecule has 0 aliphatic carbocycles. The molecule has 0 fully saturated rings. The molecule has 0 saturated heterocycles. The van der Waals surface area contributed by atoms with Crippen molar-refractivity contribution in [3.05, 3.63) is 54.1 Å². The van der Waals surface area contributed by atoms with Gasteiger partial charge in [0.1, 0.15) is 0 Å². The Morgan fingerprint density at radius 1 is 1.12 bits per heavy atom. The minimum Gasteiger partial charge on any atom is -0.336 e. The normalized spacial score (nSPS) is 11.7. The molecule has 0 aliphatic heterocycles. The molecule has 0 spiro atoms. The molecule has 2 aromatic carbocycles. The molecule has 33 heavy (non-hydrogen) atoms. The molecule has 0 bridgehead atoms. The number of para-hydroxylation sites is 3. The van der Waals surface area contributed by atoms with E-state index in [2.05, 4.69) is 28.7 Å². The van der Waals surface area contributed by atoms with E-state index in [-0.39, 0.29) is 23.9 Å². The Balaban J connectivity index is 1.62. The molecule has 0 radical (unpaired) electrons. The Kier molecular flexibility index (Phi) is 7.68. The highest BCUT2D eigenvalue weighted by Gasteiger charge is 2.33. The molecule has 1 N–H and O–H groups in total. The van der Waals surface area contributed by atoms with Gasteiger partial charge in [0.15, 0.2) is 5.16 Å². The fourth-order valence-corrected chi connectivity index (χ4v) is 4.24. The molecular formula is C23H25F3N4O2S. The number of amides is 2. The number of nitrogens with one attached hydrogen (secondary N) is 1. The second-order valence-electron chi connectivity index (χ2n) is 8.02. The summed E-state index contributed by atoms with van der Waals surface area (Å²) in [5.74, 6) is -0.616. The number of thioether (sulfide) groups is 1. The van der Waals surface area contributed by atoms with Crippen LogP contribution < -0.4 is 5.32 Å². The molecule has 6 nitrogen and oxygen atoms in total. The largest absolute Gasteiger partial charge is 0.418 e. The number of anilines is 1. The van der Waals surface area contributed by atoms with Crippen molar-refractivity contribution in [2.45, 2.75) is 31.7 Å². The molecule has 3 rings (SSSR count). The van der Waals surface area contributed by atoms with Gasteiger partial charge in [-0.25, -0.2) is 4.98 Å². The van der Waals surface area contributed by atoms with Crippen LogP contribution in [0.2, 0.25) is 0 Å². The maximum absolute atomic E-state index is 13.1. The van der Waals surface area contributed by atoms with Gasteiger partial charge in [0.25, 0.3) is 0 Å². The first-order valence-corrected chi connectivity index (χ1v) is 11.3. The van der Waals surface area contributed by atoms with Gasteiger partial charge in [0.05, 0.1) is 34.6 Å². The van der Waals surface area contributed by atoms with E-state index in [0.29, 0.717) is 11.1 Å². The highest BCUT2D eigenvalue weighted by atomic mass is 32.2. The average Bonchev–Trinajstić information content (AvgIpc) is 3.08. The lowest BCUT2D eigenvalue weighted by Gasteiger charge is -2.18. The van der Waals surface area contributed by atoms with E-state index in [1.54, 1.807) is 0 Å². The number of imidazole rings is 1. The third-order valence-electron chi connectivity index (χ3n) is 4.81. The van der Waals surface area contributed by atoms with Crippen molar-refractivity contribution in [2.24, 2.45) is 5.92 Å². The maximum Gasteiger partial charge on any atom is 0.418 e. The number of halogens is 3.